The largest absolute Gasteiger partial charge is 0.369 e. The van der Waals surface area contributed by atoms with Gasteiger partial charge in [-0.25, -0.2) is 14.8 Å². The number of aromatic amines is 1. The van der Waals surface area contributed by atoms with E-state index in [0.29, 0.717) is 18.2 Å². The molecule has 34 heavy (non-hydrogen) atoms. The lowest BCUT2D eigenvalue weighted by Gasteiger charge is -2.26. The molecule has 2 amide bonds. The van der Waals surface area contributed by atoms with Crippen LogP contribution in [0.1, 0.15) is 30.5 Å². The number of carbonyl (C=O) groups is 1. The summed E-state index contributed by atoms with van der Waals surface area (Å²) < 4.78 is 0. The molecule has 1 aromatic carbocycles. The molecule has 0 atom stereocenters. The zero-order valence-corrected chi connectivity index (χ0v) is 19.6. The van der Waals surface area contributed by atoms with Crippen molar-refractivity contribution in [2.24, 2.45) is 0 Å². The van der Waals surface area contributed by atoms with Crippen LogP contribution >= 0.6 is 0 Å². The highest BCUT2D eigenvalue weighted by molar-refractivity contribution is 5.89. The molecule has 0 unspecified atom stereocenters. The van der Waals surface area contributed by atoms with Gasteiger partial charge in [0.2, 0.25) is 5.95 Å². The number of nitrogens with zero attached hydrogens (tertiary/aromatic N) is 4. The number of amides is 2. The van der Waals surface area contributed by atoms with E-state index in [-0.39, 0.29) is 6.03 Å². The number of imidazole rings is 1. The second kappa shape index (κ2) is 12.0. The van der Waals surface area contributed by atoms with E-state index in [1.807, 2.05) is 37.4 Å². The Bertz CT molecular complexity index is 1050. The van der Waals surface area contributed by atoms with Gasteiger partial charge in [-0.15, -0.1) is 0 Å². The van der Waals surface area contributed by atoms with Crippen molar-refractivity contribution in [1.82, 2.24) is 30.2 Å². The Kier molecular flexibility index (Phi) is 8.28. The van der Waals surface area contributed by atoms with Crippen molar-refractivity contribution in [3.05, 3.63) is 54.2 Å². The summed E-state index contributed by atoms with van der Waals surface area (Å²) >= 11 is 0. The molecule has 10 nitrogen and oxygen atoms in total. The normalized spacial score (nSPS) is 13.9. The quantitative estimate of drug-likeness (QED) is 0.312. The highest BCUT2D eigenvalue weighted by Crippen LogP contribution is 2.20. The number of anilines is 4. The molecular weight excluding hydrogens is 430 g/mol. The first-order valence-corrected chi connectivity index (χ1v) is 11.8. The first kappa shape index (κ1) is 23.5. The summed E-state index contributed by atoms with van der Waals surface area (Å²) in [5.41, 5.74) is 3.52. The molecule has 3 heterocycles. The number of aromatic nitrogens is 4. The number of urea groups is 1. The summed E-state index contributed by atoms with van der Waals surface area (Å²) in [6, 6.07) is 7.30. The van der Waals surface area contributed by atoms with Crippen molar-refractivity contribution < 1.29 is 4.79 Å². The molecule has 1 fully saturated rings. The Morgan fingerprint density at radius 2 is 1.97 bits per heavy atom. The minimum atomic E-state index is -0.204. The van der Waals surface area contributed by atoms with Gasteiger partial charge in [-0.3, -0.25) is 0 Å². The van der Waals surface area contributed by atoms with Crippen LogP contribution in [0.4, 0.5) is 27.9 Å². The molecule has 0 saturated carbocycles. The van der Waals surface area contributed by atoms with Crippen molar-refractivity contribution in [1.29, 1.82) is 0 Å². The van der Waals surface area contributed by atoms with Crippen molar-refractivity contribution in [2.75, 3.05) is 48.7 Å². The number of likely N-dealkylation sites (tertiary alicyclic amines) is 1. The summed E-state index contributed by atoms with van der Waals surface area (Å²) in [7, 11) is 0. The smallest absolute Gasteiger partial charge is 0.319 e. The summed E-state index contributed by atoms with van der Waals surface area (Å²) in [5, 5.41) is 12.4. The molecule has 0 radical (unpaired) electrons. The fraction of sp³-hybridized carbons (Fsp3) is 0.417. The SMILES string of the molecule is Cc1cnc(Nc2cccc(NC(=O)NCCN3CCCCC3)c2)nc1NCCc1cnc[nH]1. The molecule has 4 rings (SSSR count). The van der Waals surface area contributed by atoms with Crippen molar-refractivity contribution >= 4 is 29.2 Å². The Labute approximate surface area is 200 Å². The zero-order chi connectivity index (χ0) is 23.6. The maximum Gasteiger partial charge on any atom is 0.319 e. The first-order chi connectivity index (χ1) is 16.7. The van der Waals surface area contributed by atoms with Crippen LogP contribution in [0.5, 0.6) is 0 Å². The number of piperidine rings is 1. The molecular formula is C24H33N9O. The average Bonchev–Trinajstić information content (AvgIpc) is 3.36. The number of H-pyrrole nitrogens is 1. The fourth-order valence-electron chi connectivity index (χ4n) is 3.91. The molecule has 2 aromatic heterocycles. The van der Waals surface area contributed by atoms with Crippen LogP contribution in [0.2, 0.25) is 0 Å². The third-order valence-corrected chi connectivity index (χ3v) is 5.75. The number of benzene rings is 1. The number of aryl methyl sites for hydroxylation is 1. The van der Waals surface area contributed by atoms with Crippen molar-refractivity contribution in [3.63, 3.8) is 0 Å². The molecule has 5 N–H and O–H groups in total. The highest BCUT2D eigenvalue weighted by Gasteiger charge is 2.10. The average molecular weight is 464 g/mol. The van der Waals surface area contributed by atoms with Crippen LogP contribution in [0.3, 0.4) is 0 Å². The van der Waals surface area contributed by atoms with Crippen LogP contribution in [-0.4, -0.2) is 63.6 Å². The predicted octanol–water partition coefficient (Wildman–Crippen LogP) is 3.51. The summed E-state index contributed by atoms with van der Waals surface area (Å²) in [5.74, 6) is 1.26. The van der Waals surface area contributed by atoms with Gasteiger partial charge in [0.15, 0.2) is 0 Å². The lowest BCUT2D eigenvalue weighted by molar-refractivity contribution is 0.224. The molecule has 1 saturated heterocycles. The van der Waals surface area contributed by atoms with Gasteiger partial charge < -0.3 is 31.2 Å². The Morgan fingerprint density at radius 3 is 2.79 bits per heavy atom. The second-order valence-corrected chi connectivity index (χ2v) is 8.47. The van der Waals surface area contributed by atoms with E-state index in [1.165, 1.54) is 19.3 Å². The summed E-state index contributed by atoms with van der Waals surface area (Å²) in [6.07, 6.45) is 9.91. The number of hydrogen-bond acceptors (Lipinski definition) is 7. The van der Waals surface area contributed by atoms with Crippen LogP contribution in [0.15, 0.2) is 43.0 Å². The second-order valence-electron chi connectivity index (χ2n) is 8.47. The fourth-order valence-corrected chi connectivity index (χ4v) is 3.91. The van der Waals surface area contributed by atoms with Crippen LogP contribution < -0.4 is 21.3 Å². The Hall–Kier alpha value is -3.66. The maximum atomic E-state index is 12.3. The number of carbonyl (C=O) groups excluding carboxylic acids is 1. The standard InChI is InChI=1S/C24H33N9O/c1-18-15-28-23(32-22(18)26-9-8-21-16-25-17-29-21)30-19-6-5-7-20(14-19)31-24(34)27-10-13-33-11-3-2-4-12-33/h5-7,14-17H,2-4,8-13H2,1H3,(H,25,29)(H2,27,31,34)(H2,26,28,30,32). The van der Waals surface area contributed by atoms with Crippen molar-refractivity contribution in [2.45, 2.75) is 32.6 Å². The topological polar surface area (TPSA) is 123 Å². The molecule has 1 aliphatic heterocycles. The predicted molar refractivity (Wildman–Crippen MR) is 135 cm³/mol. The molecule has 1 aliphatic rings. The molecule has 180 valence electrons. The Morgan fingerprint density at radius 1 is 1.12 bits per heavy atom. The van der Waals surface area contributed by atoms with E-state index in [0.717, 1.165) is 55.4 Å². The lowest BCUT2D eigenvalue weighted by atomic mass is 10.1. The number of rotatable bonds is 10. The van der Waals surface area contributed by atoms with Crippen LogP contribution in [0.25, 0.3) is 0 Å². The van der Waals surface area contributed by atoms with Gasteiger partial charge in [0.05, 0.1) is 6.33 Å². The zero-order valence-electron chi connectivity index (χ0n) is 19.6. The molecule has 3 aromatic rings. The minimum Gasteiger partial charge on any atom is -0.369 e. The lowest BCUT2D eigenvalue weighted by Crippen LogP contribution is -2.39. The Balaban J connectivity index is 1.27. The van der Waals surface area contributed by atoms with Gasteiger partial charge in [-0.1, -0.05) is 12.5 Å². The molecule has 0 bridgehead atoms. The van der Waals surface area contributed by atoms with Crippen LogP contribution in [-0.2, 0) is 6.42 Å². The number of nitrogens with one attached hydrogen (secondary N) is 5. The minimum absolute atomic E-state index is 0.204. The van der Waals surface area contributed by atoms with Gasteiger partial charge >= 0.3 is 6.03 Å². The van der Waals surface area contributed by atoms with E-state index in [4.69, 9.17) is 0 Å². The molecule has 0 spiro atoms. The van der Waals surface area contributed by atoms with E-state index >= 15 is 0 Å². The number of hydrogen-bond donors (Lipinski definition) is 5. The van der Waals surface area contributed by atoms with Crippen molar-refractivity contribution in [3.8, 4) is 0 Å². The van der Waals surface area contributed by atoms with E-state index in [2.05, 4.69) is 46.1 Å². The first-order valence-electron chi connectivity index (χ1n) is 11.8. The summed E-state index contributed by atoms with van der Waals surface area (Å²) in [6.45, 7) is 6.47. The van der Waals surface area contributed by atoms with Gasteiger partial charge in [-0.05, 0) is 51.1 Å². The van der Waals surface area contributed by atoms with E-state index < -0.39 is 0 Å². The van der Waals surface area contributed by atoms with Gasteiger partial charge in [0, 0.05) is 61.1 Å². The van der Waals surface area contributed by atoms with Crippen LogP contribution in [0, 0.1) is 6.92 Å². The van der Waals surface area contributed by atoms with E-state index in [1.54, 1.807) is 12.5 Å². The maximum absolute atomic E-state index is 12.3. The van der Waals surface area contributed by atoms with Gasteiger partial charge in [0.1, 0.15) is 5.82 Å². The molecule has 0 aliphatic carbocycles. The summed E-state index contributed by atoms with van der Waals surface area (Å²) in [4.78, 5) is 30.8. The third-order valence-electron chi connectivity index (χ3n) is 5.75. The van der Waals surface area contributed by atoms with Gasteiger partial charge in [-0.2, -0.15) is 4.98 Å². The molecule has 10 heteroatoms. The third kappa shape index (κ3) is 7.17. The van der Waals surface area contributed by atoms with E-state index in [9.17, 15) is 4.79 Å². The monoisotopic (exact) mass is 463 g/mol. The van der Waals surface area contributed by atoms with Gasteiger partial charge in [0.25, 0.3) is 0 Å². The highest BCUT2D eigenvalue weighted by atomic mass is 16.2.